The summed E-state index contributed by atoms with van der Waals surface area (Å²) in [5.41, 5.74) is 4.94. The van der Waals surface area contributed by atoms with E-state index in [0.717, 1.165) is 11.0 Å². The summed E-state index contributed by atoms with van der Waals surface area (Å²) in [5.74, 6) is -1.09. The predicted octanol–water partition coefficient (Wildman–Crippen LogP) is 3.17. The summed E-state index contributed by atoms with van der Waals surface area (Å²) in [6.07, 6.45) is 0. The van der Waals surface area contributed by atoms with Gasteiger partial charge >= 0.3 is 0 Å². The molecular weight excluding hydrogens is 342 g/mol. The molecule has 0 saturated heterocycles. The van der Waals surface area contributed by atoms with Crippen LogP contribution in [-0.4, -0.2) is 22.0 Å². The SMILES string of the molecule is CC(C)Sc1ccccc1C(=O)NNC(=O)c1cccc([N+](=O)[O-])c1. The number of nitrogens with one attached hydrogen (secondary N) is 2. The molecule has 0 spiro atoms. The molecule has 8 heteroatoms. The molecule has 0 atom stereocenters. The maximum Gasteiger partial charge on any atom is 0.270 e. The number of nitro groups is 1. The molecule has 2 aromatic rings. The minimum Gasteiger partial charge on any atom is -0.267 e. The van der Waals surface area contributed by atoms with Crippen LogP contribution < -0.4 is 10.9 Å². The highest BCUT2D eigenvalue weighted by Crippen LogP contribution is 2.26. The van der Waals surface area contributed by atoms with Gasteiger partial charge in [-0.25, -0.2) is 0 Å². The van der Waals surface area contributed by atoms with Crippen molar-refractivity contribution < 1.29 is 14.5 Å². The Morgan fingerprint density at radius 1 is 1.04 bits per heavy atom. The third-order valence-electron chi connectivity index (χ3n) is 3.10. The second-order valence-electron chi connectivity index (χ2n) is 5.38. The Balaban J connectivity index is 2.06. The standard InChI is InChI=1S/C17H17N3O4S/c1-11(2)25-15-9-4-3-8-14(15)17(22)19-18-16(21)12-6-5-7-13(10-12)20(23)24/h3-11H,1-2H3,(H,18,21)(H,19,22). The van der Waals surface area contributed by atoms with Crippen LogP contribution in [-0.2, 0) is 0 Å². The van der Waals surface area contributed by atoms with Gasteiger partial charge in [0.2, 0.25) is 0 Å². The summed E-state index contributed by atoms with van der Waals surface area (Å²) < 4.78 is 0. The van der Waals surface area contributed by atoms with Crippen molar-refractivity contribution in [3.05, 3.63) is 69.8 Å². The number of carbonyl (C=O) groups excluding carboxylic acids is 2. The first-order valence-electron chi connectivity index (χ1n) is 7.49. The largest absolute Gasteiger partial charge is 0.270 e. The molecule has 0 aliphatic rings. The van der Waals surface area contributed by atoms with Crippen molar-refractivity contribution in [1.82, 2.24) is 10.9 Å². The van der Waals surface area contributed by atoms with E-state index in [1.807, 2.05) is 26.0 Å². The van der Waals surface area contributed by atoms with Crippen LogP contribution in [0.25, 0.3) is 0 Å². The number of amides is 2. The van der Waals surface area contributed by atoms with Crippen molar-refractivity contribution >= 4 is 29.3 Å². The summed E-state index contributed by atoms with van der Waals surface area (Å²) in [7, 11) is 0. The molecule has 0 aromatic heterocycles. The van der Waals surface area contributed by atoms with Gasteiger partial charge in [0.25, 0.3) is 17.5 Å². The van der Waals surface area contributed by atoms with Gasteiger partial charge in [0.15, 0.2) is 0 Å². The van der Waals surface area contributed by atoms with Crippen molar-refractivity contribution in [2.45, 2.75) is 24.0 Å². The number of nitro benzene ring substituents is 1. The van der Waals surface area contributed by atoms with Gasteiger partial charge < -0.3 is 0 Å². The molecule has 0 radical (unpaired) electrons. The number of carbonyl (C=O) groups is 2. The Labute approximate surface area is 148 Å². The van der Waals surface area contributed by atoms with Crippen LogP contribution in [0.2, 0.25) is 0 Å². The number of benzene rings is 2. The number of thioether (sulfide) groups is 1. The smallest absolute Gasteiger partial charge is 0.267 e. The van der Waals surface area contributed by atoms with Crippen molar-refractivity contribution in [1.29, 1.82) is 0 Å². The Morgan fingerprint density at radius 3 is 2.40 bits per heavy atom. The number of hydrazine groups is 1. The van der Waals surface area contributed by atoms with Crippen LogP contribution in [0.15, 0.2) is 53.4 Å². The van der Waals surface area contributed by atoms with E-state index in [2.05, 4.69) is 10.9 Å². The lowest BCUT2D eigenvalue weighted by atomic mass is 10.2. The van der Waals surface area contributed by atoms with E-state index < -0.39 is 16.7 Å². The number of hydrogen-bond donors (Lipinski definition) is 2. The van der Waals surface area contributed by atoms with Crippen molar-refractivity contribution in [2.24, 2.45) is 0 Å². The lowest BCUT2D eigenvalue weighted by Gasteiger charge is -2.12. The van der Waals surface area contributed by atoms with Gasteiger partial charge in [-0.1, -0.05) is 32.0 Å². The second-order valence-corrected chi connectivity index (χ2v) is 7.00. The minimum atomic E-state index is -0.633. The molecule has 130 valence electrons. The average molecular weight is 359 g/mol. The highest BCUT2D eigenvalue weighted by molar-refractivity contribution is 8.00. The van der Waals surface area contributed by atoms with E-state index in [9.17, 15) is 19.7 Å². The average Bonchev–Trinajstić information content (AvgIpc) is 2.59. The zero-order valence-corrected chi connectivity index (χ0v) is 14.5. The van der Waals surface area contributed by atoms with E-state index in [1.54, 1.807) is 23.9 Å². The fourth-order valence-electron chi connectivity index (χ4n) is 2.02. The van der Waals surface area contributed by atoms with Crippen LogP contribution in [0.1, 0.15) is 34.6 Å². The molecule has 0 saturated carbocycles. The monoisotopic (exact) mass is 359 g/mol. The number of non-ortho nitro benzene ring substituents is 1. The molecular formula is C17H17N3O4S. The van der Waals surface area contributed by atoms with Gasteiger partial charge in [-0.15, -0.1) is 11.8 Å². The predicted molar refractivity (Wildman–Crippen MR) is 95.5 cm³/mol. The Morgan fingerprint density at radius 2 is 1.72 bits per heavy atom. The molecule has 2 N–H and O–H groups in total. The zero-order chi connectivity index (χ0) is 18.4. The third-order valence-corrected chi connectivity index (χ3v) is 4.18. The molecule has 0 fully saturated rings. The maximum absolute atomic E-state index is 12.3. The molecule has 0 aliphatic heterocycles. The van der Waals surface area contributed by atoms with Gasteiger partial charge in [-0.3, -0.25) is 30.6 Å². The fraction of sp³-hybridized carbons (Fsp3) is 0.176. The molecule has 0 heterocycles. The van der Waals surface area contributed by atoms with Gasteiger partial charge in [-0.2, -0.15) is 0 Å². The lowest BCUT2D eigenvalue weighted by molar-refractivity contribution is -0.384. The summed E-state index contributed by atoms with van der Waals surface area (Å²) in [6, 6.07) is 12.3. The Hall–Kier alpha value is -2.87. The number of hydrogen-bond acceptors (Lipinski definition) is 5. The van der Waals surface area contributed by atoms with Gasteiger partial charge in [0.05, 0.1) is 10.5 Å². The van der Waals surface area contributed by atoms with Crippen molar-refractivity contribution in [2.75, 3.05) is 0 Å². The third kappa shape index (κ3) is 5.05. The number of nitrogens with zero attached hydrogens (tertiary/aromatic N) is 1. The zero-order valence-electron chi connectivity index (χ0n) is 13.7. The Kier molecular flexibility index (Phi) is 6.13. The van der Waals surface area contributed by atoms with E-state index in [0.29, 0.717) is 10.8 Å². The maximum atomic E-state index is 12.3. The summed E-state index contributed by atoms with van der Waals surface area (Å²) in [5, 5.41) is 11.1. The fourth-order valence-corrected chi connectivity index (χ4v) is 2.98. The minimum absolute atomic E-state index is 0.0827. The Bertz CT molecular complexity index is 808. The molecule has 0 bridgehead atoms. The quantitative estimate of drug-likeness (QED) is 0.485. The van der Waals surface area contributed by atoms with E-state index in [4.69, 9.17) is 0 Å². The van der Waals surface area contributed by atoms with Crippen LogP contribution >= 0.6 is 11.8 Å². The normalized spacial score (nSPS) is 10.4. The number of rotatable bonds is 5. The van der Waals surface area contributed by atoms with Crippen LogP contribution in [0.5, 0.6) is 0 Å². The molecule has 0 aliphatic carbocycles. The van der Waals surface area contributed by atoms with Crippen molar-refractivity contribution in [3.63, 3.8) is 0 Å². The molecule has 2 aromatic carbocycles. The van der Waals surface area contributed by atoms with Gasteiger partial charge in [0.1, 0.15) is 0 Å². The van der Waals surface area contributed by atoms with Gasteiger partial charge in [-0.05, 0) is 18.2 Å². The molecule has 2 amide bonds. The van der Waals surface area contributed by atoms with Crippen molar-refractivity contribution in [3.8, 4) is 0 Å². The van der Waals surface area contributed by atoms with Crippen LogP contribution in [0.3, 0.4) is 0 Å². The topological polar surface area (TPSA) is 101 Å². The highest BCUT2D eigenvalue weighted by atomic mass is 32.2. The molecule has 0 unspecified atom stereocenters. The van der Waals surface area contributed by atoms with Gasteiger partial charge in [0, 0.05) is 27.8 Å². The van der Waals surface area contributed by atoms with E-state index >= 15 is 0 Å². The van der Waals surface area contributed by atoms with E-state index in [-0.39, 0.29) is 11.3 Å². The lowest BCUT2D eigenvalue weighted by Crippen LogP contribution is -2.41. The van der Waals surface area contributed by atoms with Crippen LogP contribution in [0.4, 0.5) is 5.69 Å². The first kappa shape index (κ1) is 18.5. The summed E-state index contributed by atoms with van der Waals surface area (Å²) in [4.78, 5) is 35.3. The summed E-state index contributed by atoms with van der Waals surface area (Å²) >= 11 is 1.54. The first-order valence-corrected chi connectivity index (χ1v) is 8.37. The first-order chi connectivity index (χ1) is 11.9. The second kappa shape index (κ2) is 8.29. The molecule has 7 nitrogen and oxygen atoms in total. The molecule has 25 heavy (non-hydrogen) atoms. The van der Waals surface area contributed by atoms with E-state index in [1.165, 1.54) is 18.2 Å². The summed E-state index contributed by atoms with van der Waals surface area (Å²) in [6.45, 7) is 4.03. The van der Waals surface area contributed by atoms with Crippen LogP contribution in [0, 0.1) is 10.1 Å². The highest BCUT2D eigenvalue weighted by Gasteiger charge is 2.15. The molecule has 2 rings (SSSR count).